The first kappa shape index (κ1) is 17.1. The highest BCUT2D eigenvalue weighted by Gasteiger charge is 2.11. The molecule has 0 bridgehead atoms. The summed E-state index contributed by atoms with van der Waals surface area (Å²) in [5.41, 5.74) is 1.15. The first-order valence-corrected chi connectivity index (χ1v) is 6.88. The molecule has 0 aliphatic rings. The molecule has 0 atom stereocenters. The van der Waals surface area contributed by atoms with Crippen LogP contribution in [0.3, 0.4) is 0 Å². The van der Waals surface area contributed by atoms with E-state index in [0.717, 1.165) is 5.06 Å². The van der Waals surface area contributed by atoms with E-state index in [1.807, 2.05) is 6.92 Å². The summed E-state index contributed by atoms with van der Waals surface area (Å²) in [6.07, 6.45) is 1.10. The van der Waals surface area contributed by atoms with Gasteiger partial charge >= 0.3 is 0 Å². The third-order valence-electron chi connectivity index (χ3n) is 2.87. The first-order chi connectivity index (χ1) is 10.1. The van der Waals surface area contributed by atoms with E-state index in [2.05, 4.69) is 5.32 Å². The summed E-state index contributed by atoms with van der Waals surface area (Å²) in [6, 6.07) is 6.68. The monoisotopic (exact) mass is 294 g/mol. The van der Waals surface area contributed by atoms with Crippen molar-refractivity contribution in [2.45, 2.75) is 19.8 Å². The van der Waals surface area contributed by atoms with Gasteiger partial charge in [0.25, 0.3) is 5.91 Å². The molecular formula is C15H22N2O4. The summed E-state index contributed by atoms with van der Waals surface area (Å²) in [4.78, 5) is 28.3. The van der Waals surface area contributed by atoms with Crippen molar-refractivity contribution in [2.24, 2.45) is 0 Å². The minimum Gasteiger partial charge on any atom is -0.382 e. The maximum absolute atomic E-state index is 11.8. The normalized spacial score (nSPS) is 10.2. The fourth-order valence-corrected chi connectivity index (χ4v) is 1.66. The fourth-order valence-electron chi connectivity index (χ4n) is 1.66. The van der Waals surface area contributed by atoms with Gasteiger partial charge in [-0.25, -0.2) is 5.06 Å². The van der Waals surface area contributed by atoms with Gasteiger partial charge in [0.05, 0.1) is 7.11 Å². The molecule has 1 N–H and O–H groups in total. The summed E-state index contributed by atoms with van der Waals surface area (Å²) < 4.78 is 5.18. The van der Waals surface area contributed by atoms with Crippen molar-refractivity contribution >= 4 is 17.5 Å². The van der Waals surface area contributed by atoms with Crippen LogP contribution in [0.15, 0.2) is 24.3 Å². The average molecular weight is 294 g/mol. The highest BCUT2D eigenvalue weighted by Crippen LogP contribution is 2.12. The zero-order chi connectivity index (χ0) is 15.7. The Bertz CT molecular complexity index is 459. The van der Waals surface area contributed by atoms with E-state index in [1.165, 1.54) is 14.2 Å². The summed E-state index contributed by atoms with van der Waals surface area (Å²) >= 11 is 0. The number of hydrogen-bond donors (Lipinski definition) is 1. The molecule has 0 saturated carbocycles. The van der Waals surface area contributed by atoms with E-state index in [4.69, 9.17) is 9.57 Å². The van der Waals surface area contributed by atoms with Gasteiger partial charge in [-0.3, -0.25) is 14.4 Å². The third-order valence-corrected chi connectivity index (χ3v) is 2.87. The molecule has 0 saturated heterocycles. The Balaban J connectivity index is 2.47. The van der Waals surface area contributed by atoms with Crippen molar-refractivity contribution in [2.75, 3.05) is 32.7 Å². The van der Waals surface area contributed by atoms with Crippen molar-refractivity contribution in [3.8, 4) is 0 Å². The highest BCUT2D eigenvalue weighted by atomic mass is 16.7. The lowest BCUT2D eigenvalue weighted by Crippen LogP contribution is -2.25. The number of nitrogens with zero attached hydrogens (tertiary/aromatic N) is 1. The first-order valence-electron chi connectivity index (χ1n) is 6.88. The number of benzene rings is 1. The quantitative estimate of drug-likeness (QED) is 0.589. The van der Waals surface area contributed by atoms with Crippen molar-refractivity contribution in [1.82, 2.24) is 5.06 Å². The van der Waals surface area contributed by atoms with Crippen LogP contribution in [0, 0.1) is 0 Å². The molecule has 1 rings (SSSR count). The molecular weight excluding hydrogens is 272 g/mol. The van der Waals surface area contributed by atoms with Crippen LogP contribution in [0.25, 0.3) is 0 Å². The molecule has 116 valence electrons. The number of hydroxylamine groups is 2. The summed E-state index contributed by atoms with van der Waals surface area (Å²) in [6.45, 7) is 3.16. The Morgan fingerprint density at radius 3 is 2.48 bits per heavy atom. The number of hydrogen-bond acceptors (Lipinski definition) is 4. The van der Waals surface area contributed by atoms with Gasteiger partial charge in [0, 0.05) is 37.9 Å². The lowest BCUT2D eigenvalue weighted by molar-refractivity contribution is -0.116. The second-order valence-electron chi connectivity index (χ2n) is 4.41. The second kappa shape index (κ2) is 9.10. The van der Waals surface area contributed by atoms with Crippen LogP contribution in [0.5, 0.6) is 0 Å². The summed E-state index contributed by atoms with van der Waals surface area (Å²) in [5, 5.41) is 3.92. The van der Waals surface area contributed by atoms with Crippen LogP contribution >= 0.6 is 0 Å². The van der Waals surface area contributed by atoms with Gasteiger partial charge in [0.2, 0.25) is 5.91 Å². The molecule has 2 amide bonds. The fraction of sp³-hybridized carbons (Fsp3) is 0.467. The molecule has 21 heavy (non-hydrogen) atoms. The van der Waals surface area contributed by atoms with Gasteiger partial charge in [-0.15, -0.1) is 0 Å². The maximum atomic E-state index is 11.8. The number of carbonyl (C=O) groups is 2. The molecule has 6 nitrogen and oxygen atoms in total. The van der Waals surface area contributed by atoms with E-state index in [1.54, 1.807) is 24.3 Å². The molecule has 0 aromatic heterocycles. The number of carbonyl (C=O) groups excluding carboxylic acids is 2. The topological polar surface area (TPSA) is 67.9 Å². The Morgan fingerprint density at radius 2 is 1.90 bits per heavy atom. The van der Waals surface area contributed by atoms with E-state index in [9.17, 15) is 9.59 Å². The molecule has 6 heteroatoms. The van der Waals surface area contributed by atoms with Crippen molar-refractivity contribution in [1.29, 1.82) is 0 Å². The average Bonchev–Trinajstić information content (AvgIpc) is 2.51. The molecule has 0 spiro atoms. The van der Waals surface area contributed by atoms with Crippen LogP contribution in [-0.4, -0.2) is 44.2 Å². The standard InChI is InChI=1S/C15H22N2O4/c1-4-21-11-5-6-14(18)16-13-9-7-12(8-10-13)15(19)17(2)20-3/h7-10H,4-6,11H2,1-3H3,(H,16,18). The van der Waals surface area contributed by atoms with Gasteiger partial charge in [-0.05, 0) is 37.6 Å². The smallest absolute Gasteiger partial charge is 0.277 e. The number of amides is 2. The molecule has 0 heterocycles. The van der Waals surface area contributed by atoms with E-state index < -0.39 is 0 Å². The lowest BCUT2D eigenvalue weighted by atomic mass is 10.2. The summed E-state index contributed by atoms with van der Waals surface area (Å²) in [7, 11) is 2.96. The number of rotatable bonds is 8. The van der Waals surface area contributed by atoms with E-state index in [-0.39, 0.29) is 11.8 Å². The van der Waals surface area contributed by atoms with Gasteiger partial charge in [-0.2, -0.15) is 0 Å². The number of anilines is 1. The predicted molar refractivity (Wildman–Crippen MR) is 79.9 cm³/mol. The zero-order valence-corrected chi connectivity index (χ0v) is 12.7. The Labute approximate surface area is 125 Å². The Kier molecular flexibility index (Phi) is 7.42. The van der Waals surface area contributed by atoms with E-state index in [0.29, 0.717) is 37.3 Å². The zero-order valence-electron chi connectivity index (χ0n) is 12.7. The largest absolute Gasteiger partial charge is 0.382 e. The third kappa shape index (κ3) is 5.93. The summed E-state index contributed by atoms with van der Waals surface area (Å²) in [5.74, 6) is -0.310. The van der Waals surface area contributed by atoms with E-state index >= 15 is 0 Å². The minimum absolute atomic E-state index is 0.0669. The van der Waals surface area contributed by atoms with Crippen LogP contribution in [0.1, 0.15) is 30.1 Å². The molecule has 0 fully saturated rings. The minimum atomic E-state index is -0.243. The molecule has 1 aromatic rings. The van der Waals surface area contributed by atoms with Crippen molar-refractivity contribution in [3.05, 3.63) is 29.8 Å². The molecule has 0 unspecified atom stereocenters. The molecule has 0 radical (unpaired) electrons. The Hall–Kier alpha value is -1.92. The van der Waals surface area contributed by atoms with Gasteiger partial charge < -0.3 is 10.1 Å². The number of nitrogens with one attached hydrogen (secondary N) is 1. The van der Waals surface area contributed by atoms with Gasteiger partial charge in [-0.1, -0.05) is 0 Å². The maximum Gasteiger partial charge on any atom is 0.277 e. The highest BCUT2D eigenvalue weighted by molar-refractivity contribution is 5.95. The van der Waals surface area contributed by atoms with Crippen LogP contribution in [0.4, 0.5) is 5.69 Å². The molecule has 1 aromatic carbocycles. The SMILES string of the molecule is CCOCCCC(=O)Nc1ccc(C(=O)N(C)OC)cc1. The molecule has 0 aliphatic heterocycles. The van der Waals surface area contributed by atoms with Crippen molar-refractivity contribution < 1.29 is 19.2 Å². The number of ether oxygens (including phenoxy) is 1. The van der Waals surface area contributed by atoms with Crippen molar-refractivity contribution in [3.63, 3.8) is 0 Å². The molecule has 0 aliphatic carbocycles. The lowest BCUT2D eigenvalue weighted by Gasteiger charge is -2.13. The van der Waals surface area contributed by atoms with Crippen LogP contribution < -0.4 is 5.32 Å². The van der Waals surface area contributed by atoms with Gasteiger partial charge in [0.15, 0.2) is 0 Å². The second-order valence-corrected chi connectivity index (χ2v) is 4.41. The Morgan fingerprint density at radius 1 is 1.24 bits per heavy atom. The van der Waals surface area contributed by atoms with Gasteiger partial charge in [0.1, 0.15) is 0 Å². The predicted octanol–water partition coefficient (Wildman–Crippen LogP) is 2.08. The van der Waals surface area contributed by atoms with Crippen LogP contribution in [0.2, 0.25) is 0 Å². The van der Waals surface area contributed by atoms with Crippen LogP contribution in [-0.2, 0) is 14.4 Å².